The standard InChI is InChI=1S/C20H19N3O3/c1-12-7-16-17(8-13(12)2)22(11-21-16)18-10-19(24)23(20(18)25)14-5-4-6-15(9-14)26-3/h4-9,11,18H,10H2,1-3H3/t18-/m0/s1. The molecule has 0 bridgehead atoms. The zero-order valence-electron chi connectivity index (χ0n) is 14.9. The molecule has 0 radical (unpaired) electrons. The molecule has 2 amide bonds. The number of ether oxygens (including phenoxy) is 1. The Hall–Kier alpha value is -3.15. The van der Waals surface area contributed by atoms with Crippen molar-refractivity contribution in [2.75, 3.05) is 12.0 Å². The second-order valence-electron chi connectivity index (χ2n) is 6.57. The molecule has 0 saturated carbocycles. The Bertz CT molecular complexity index is 1040. The van der Waals surface area contributed by atoms with E-state index in [0.717, 1.165) is 22.2 Å². The first-order chi connectivity index (χ1) is 12.5. The second kappa shape index (κ2) is 5.98. The number of carbonyl (C=O) groups excluding carboxylic acids is 2. The Kier molecular flexibility index (Phi) is 3.76. The molecule has 3 aromatic rings. The second-order valence-corrected chi connectivity index (χ2v) is 6.57. The molecule has 1 fully saturated rings. The Balaban J connectivity index is 1.75. The molecule has 1 saturated heterocycles. The minimum Gasteiger partial charge on any atom is -0.497 e. The van der Waals surface area contributed by atoms with E-state index in [1.165, 1.54) is 4.90 Å². The maximum Gasteiger partial charge on any atom is 0.257 e. The average molecular weight is 349 g/mol. The summed E-state index contributed by atoms with van der Waals surface area (Å²) in [5.41, 5.74) is 4.49. The van der Waals surface area contributed by atoms with Crippen LogP contribution in [0.5, 0.6) is 5.75 Å². The van der Waals surface area contributed by atoms with Gasteiger partial charge in [0.1, 0.15) is 11.8 Å². The summed E-state index contributed by atoms with van der Waals surface area (Å²) >= 11 is 0. The van der Waals surface area contributed by atoms with Crippen LogP contribution in [0.15, 0.2) is 42.7 Å². The number of aryl methyl sites for hydroxylation is 2. The monoisotopic (exact) mass is 349 g/mol. The highest BCUT2D eigenvalue weighted by Crippen LogP contribution is 2.33. The molecule has 132 valence electrons. The van der Waals surface area contributed by atoms with Crippen LogP contribution in [0.2, 0.25) is 0 Å². The van der Waals surface area contributed by atoms with Crippen molar-refractivity contribution in [2.45, 2.75) is 26.3 Å². The molecular weight excluding hydrogens is 330 g/mol. The minimum atomic E-state index is -0.583. The molecule has 0 spiro atoms. The number of rotatable bonds is 3. The van der Waals surface area contributed by atoms with Crippen molar-refractivity contribution in [3.8, 4) is 5.75 Å². The summed E-state index contributed by atoms with van der Waals surface area (Å²) in [5.74, 6) is 0.130. The molecule has 1 aromatic heterocycles. The van der Waals surface area contributed by atoms with E-state index in [2.05, 4.69) is 4.98 Å². The molecule has 4 rings (SSSR count). The van der Waals surface area contributed by atoms with Gasteiger partial charge in [0, 0.05) is 6.07 Å². The molecule has 0 unspecified atom stereocenters. The van der Waals surface area contributed by atoms with E-state index in [1.807, 2.05) is 30.5 Å². The normalized spacial score (nSPS) is 17.3. The highest BCUT2D eigenvalue weighted by molar-refractivity contribution is 6.22. The molecular formula is C20H19N3O3. The van der Waals surface area contributed by atoms with Crippen LogP contribution in [0, 0.1) is 13.8 Å². The average Bonchev–Trinajstić information content (AvgIpc) is 3.15. The first kappa shape index (κ1) is 16.3. The fourth-order valence-corrected chi connectivity index (χ4v) is 3.38. The summed E-state index contributed by atoms with van der Waals surface area (Å²) in [7, 11) is 1.55. The van der Waals surface area contributed by atoms with E-state index in [-0.39, 0.29) is 18.2 Å². The molecule has 26 heavy (non-hydrogen) atoms. The van der Waals surface area contributed by atoms with Crippen LogP contribution in [0.3, 0.4) is 0 Å². The molecule has 0 N–H and O–H groups in total. The zero-order chi connectivity index (χ0) is 18.4. The highest BCUT2D eigenvalue weighted by atomic mass is 16.5. The van der Waals surface area contributed by atoms with E-state index in [0.29, 0.717) is 11.4 Å². The van der Waals surface area contributed by atoms with Crippen molar-refractivity contribution in [1.82, 2.24) is 9.55 Å². The number of hydrogen-bond donors (Lipinski definition) is 0. The first-order valence-corrected chi connectivity index (χ1v) is 8.44. The highest BCUT2D eigenvalue weighted by Gasteiger charge is 2.41. The van der Waals surface area contributed by atoms with Crippen LogP contribution in [-0.4, -0.2) is 28.5 Å². The zero-order valence-corrected chi connectivity index (χ0v) is 14.9. The third-order valence-electron chi connectivity index (χ3n) is 4.96. The number of imide groups is 1. The quantitative estimate of drug-likeness (QED) is 0.681. The summed E-state index contributed by atoms with van der Waals surface area (Å²) < 4.78 is 7.01. The van der Waals surface area contributed by atoms with Crippen LogP contribution in [-0.2, 0) is 9.59 Å². The summed E-state index contributed by atoms with van der Waals surface area (Å²) in [5, 5.41) is 0. The number of amides is 2. The number of methoxy groups -OCH3 is 1. The van der Waals surface area contributed by atoms with Crippen LogP contribution in [0.25, 0.3) is 11.0 Å². The molecule has 1 aliphatic rings. The van der Waals surface area contributed by atoms with E-state index < -0.39 is 6.04 Å². The third-order valence-corrected chi connectivity index (χ3v) is 4.96. The van der Waals surface area contributed by atoms with Crippen molar-refractivity contribution in [1.29, 1.82) is 0 Å². The summed E-state index contributed by atoms with van der Waals surface area (Å²) in [4.78, 5) is 31.3. The van der Waals surface area contributed by atoms with Gasteiger partial charge in [0.15, 0.2) is 0 Å². The maximum atomic E-state index is 13.0. The van der Waals surface area contributed by atoms with Gasteiger partial charge in [-0.05, 0) is 49.2 Å². The van der Waals surface area contributed by atoms with Crippen LogP contribution in [0.4, 0.5) is 5.69 Å². The van der Waals surface area contributed by atoms with Crippen molar-refractivity contribution in [3.63, 3.8) is 0 Å². The predicted octanol–water partition coefficient (Wildman–Crippen LogP) is 3.17. The lowest BCUT2D eigenvalue weighted by Crippen LogP contribution is -2.31. The van der Waals surface area contributed by atoms with Gasteiger partial charge in [-0.2, -0.15) is 0 Å². The van der Waals surface area contributed by atoms with Crippen molar-refractivity contribution < 1.29 is 14.3 Å². The summed E-state index contributed by atoms with van der Waals surface area (Å²) in [6, 6.07) is 10.4. The van der Waals surface area contributed by atoms with Gasteiger partial charge >= 0.3 is 0 Å². The minimum absolute atomic E-state index is 0.119. The number of anilines is 1. The van der Waals surface area contributed by atoms with Gasteiger partial charge in [0.05, 0.1) is 36.6 Å². The van der Waals surface area contributed by atoms with Gasteiger partial charge in [-0.1, -0.05) is 6.07 Å². The first-order valence-electron chi connectivity index (χ1n) is 8.44. The van der Waals surface area contributed by atoms with Crippen molar-refractivity contribution in [2.24, 2.45) is 0 Å². The number of aromatic nitrogens is 2. The largest absolute Gasteiger partial charge is 0.497 e. The fourth-order valence-electron chi connectivity index (χ4n) is 3.38. The van der Waals surface area contributed by atoms with Gasteiger partial charge in [-0.25, -0.2) is 9.88 Å². The van der Waals surface area contributed by atoms with E-state index in [1.54, 1.807) is 37.7 Å². The Morgan fingerprint density at radius 1 is 1.12 bits per heavy atom. The Labute approximate surface area is 151 Å². The summed E-state index contributed by atoms with van der Waals surface area (Å²) in [6.07, 6.45) is 1.77. The number of benzene rings is 2. The van der Waals surface area contributed by atoms with E-state index in [4.69, 9.17) is 4.74 Å². The number of fused-ring (bicyclic) bond motifs is 1. The lowest BCUT2D eigenvalue weighted by Gasteiger charge is -2.16. The summed E-state index contributed by atoms with van der Waals surface area (Å²) in [6.45, 7) is 4.05. The van der Waals surface area contributed by atoms with Crippen molar-refractivity contribution in [3.05, 3.63) is 53.9 Å². The van der Waals surface area contributed by atoms with Crippen LogP contribution < -0.4 is 9.64 Å². The number of carbonyl (C=O) groups is 2. The topological polar surface area (TPSA) is 64.4 Å². The van der Waals surface area contributed by atoms with Crippen molar-refractivity contribution >= 4 is 28.5 Å². The number of hydrogen-bond acceptors (Lipinski definition) is 4. The van der Waals surface area contributed by atoms with Gasteiger partial charge in [-0.3, -0.25) is 9.59 Å². The number of imidazole rings is 1. The lowest BCUT2D eigenvalue weighted by molar-refractivity contribution is -0.122. The van der Waals surface area contributed by atoms with Crippen LogP contribution >= 0.6 is 0 Å². The molecule has 1 aliphatic heterocycles. The number of nitrogens with zero attached hydrogens (tertiary/aromatic N) is 3. The Morgan fingerprint density at radius 2 is 1.88 bits per heavy atom. The molecule has 2 aromatic carbocycles. The maximum absolute atomic E-state index is 13.0. The van der Waals surface area contributed by atoms with Crippen LogP contribution in [0.1, 0.15) is 23.6 Å². The molecule has 1 atom stereocenters. The van der Waals surface area contributed by atoms with Gasteiger partial charge < -0.3 is 9.30 Å². The predicted molar refractivity (Wildman–Crippen MR) is 98.3 cm³/mol. The molecule has 0 aliphatic carbocycles. The smallest absolute Gasteiger partial charge is 0.257 e. The Morgan fingerprint density at radius 3 is 2.65 bits per heavy atom. The van der Waals surface area contributed by atoms with Gasteiger partial charge in [0.25, 0.3) is 5.91 Å². The molecule has 2 heterocycles. The van der Waals surface area contributed by atoms with Gasteiger partial charge in [0.2, 0.25) is 5.91 Å². The van der Waals surface area contributed by atoms with E-state index in [9.17, 15) is 9.59 Å². The van der Waals surface area contributed by atoms with E-state index >= 15 is 0 Å². The molecule has 6 nitrogen and oxygen atoms in total. The van der Waals surface area contributed by atoms with Gasteiger partial charge in [-0.15, -0.1) is 0 Å². The lowest BCUT2D eigenvalue weighted by atomic mass is 10.1. The third kappa shape index (κ3) is 2.45. The fraction of sp³-hybridized carbons (Fsp3) is 0.250. The SMILES string of the molecule is COc1cccc(N2C(=O)C[C@H](n3cnc4cc(C)c(C)cc43)C2=O)c1. The molecule has 6 heteroatoms.